The second-order valence-electron chi connectivity index (χ2n) is 4.38. The van der Waals surface area contributed by atoms with E-state index < -0.39 is 0 Å². The highest BCUT2D eigenvalue weighted by molar-refractivity contribution is 5.78. The first-order chi connectivity index (χ1) is 6.40. The average Bonchev–Trinajstić information content (AvgIpc) is 2.11. The van der Waals surface area contributed by atoms with E-state index in [1.54, 1.807) is 11.9 Å². The highest BCUT2D eigenvalue weighted by Gasteiger charge is 2.22. The van der Waals surface area contributed by atoms with Gasteiger partial charge in [0.1, 0.15) is 6.04 Å². The molecule has 0 aromatic carbocycles. The second kappa shape index (κ2) is 5.64. The van der Waals surface area contributed by atoms with E-state index in [-0.39, 0.29) is 17.9 Å². The quantitative estimate of drug-likeness (QED) is 0.690. The maximum Gasteiger partial charge on any atom is 0.225 e. The van der Waals surface area contributed by atoms with Crippen LogP contribution in [-0.2, 0) is 4.79 Å². The zero-order valence-corrected chi connectivity index (χ0v) is 9.74. The van der Waals surface area contributed by atoms with Gasteiger partial charge in [-0.3, -0.25) is 4.79 Å². The van der Waals surface area contributed by atoms with E-state index in [1.807, 2.05) is 13.8 Å². The van der Waals surface area contributed by atoms with Crippen LogP contribution in [0.2, 0.25) is 0 Å². The molecule has 3 nitrogen and oxygen atoms in total. The first-order valence-electron chi connectivity index (χ1n) is 5.06. The largest absolute Gasteiger partial charge is 0.329 e. The lowest BCUT2D eigenvalue weighted by molar-refractivity contribution is -0.134. The Bertz CT molecular complexity index is 228. The summed E-state index contributed by atoms with van der Waals surface area (Å²) < 4.78 is 0. The molecule has 0 aromatic rings. The Labute approximate surface area is 86.7 Å². The summed E-state index contributed by atoms with van der Waals surface area (Å²) in [6.45, 7) is 7.81. The van der Waals surface area contributed by atoms with Gasteiger partial charge in [0.05, 0.1) is 6.07 Å². The molecule has 0 aliphatic heterocycles. The Balaban J connectivity index is 4.40. The van der Waals surface area contributed by atoms with Crippen molar-refractivity contribution in [2.75, 3.05) is 7.05 Å². The molecule has 0 aliphatic rings. The predicted octanol–water partition coefficient (Wildman–Crippen LogP) is 2.04. The van der Waals surface area contributed by atoms with Crippen LogP contribution in [0.15, 0.2) is 0 Å². The lowest BCUT2D eigenvalue weighted by atomic mass is 10.0. The van der Waals surface area contributed by atoms with E-state index >= 15 is 0 Å². The highest BCUT2D eigenvalue weighted by Crippen LogP contribution is 2.12. The molecule has 0 aliphatic carbocycles. The Morgan fingerprint density at radius 1 is 1.36 bits per heavy atom. The summed E-state index contributed by atoms with van der Waals surface area (Å²) in [5.41, 5.74) is 0. The van der Waals surface area contributed by atoms with Crippen molar-refractivity contribution in [1.29, 1.82) is 5.26 Å². The van der Waals surface area contributed by atoms with Crippen LogP contribution in [0.5, 0.6) is 0 Å². The van der Waals surface area contributed by atoms with Crippen LogP contribution in [-0.4, -0.2) is 23.9 Å². The predicted molar refractivity (Wildman–Crippen MR) is 56.5 cm³/mol. The summed E-state index contributed by atoms with van der Waals surface area (Å²) in [5, 5.41) is 8.93. The third-order valence-corrected chi connectivity index (χ3v) is 2.15. The molecule has 0 rings (SSSR count). The molecule has 0 saturated heterocycles. The Morgan fingerprint density at radius 2 is 1.86 bits per heavy atom. The van der Waals surface area contributed by atoms with Crippen molar-refractivity contribution in [1.82, 2.24) is 4.90 Å². The monoisotopic (exact) mass is 196 g/mol. The molecule has 14 heavy (non-hydrogen) atoms. The molecule has 0 aromatic heterocycles. The first-order valence-corrected chi connectivity index (χ1v) is 5.06. The molecule has 0 N–H and O–H groups in total. The van der Waals surface area contributed by atoms with Gasteiger partial charge in [-0.2, -0.15) is 5.26 Å². The SMILES string of the molecule is CC(C)CC(C#N)N(C)C(=O)C(C)C. The molecule has 1 atom stereocenters. The molecule has 0 radical (unpaired) electrons. The van der Waals surface area contributed by atoms with E-state index in [0.717, 1.165) is 6.42 Å². The van der Waals surface area contributed by atoms with Gasteiger partial charge in [0.25, 0.3) is 0 Å². The van der Waals surface area contributed by atoms with Crippen LogP contribution in [0.3, 0.4) is 0 Å². The van der Waals surface area contributed by atoms with Gasteiger partial charge in [-0.05, 0) is 12.3 Å². The van der Waals surface area contributed by atoms with E-state index in [1.165, 1.54) is 0 Å². The van der Waals surface area contributed by atoms with Crippen LogP contribution in [0.25, 0.3) is 0 Å². The van der Waals surface area contributed by atoms with Crippen LogP contribution >= 0.6 is 0 Å². The maximum atomic E-state index is 11.6. The van der Waals surface area contributed by atoms with E-state index in [4.69, 9.17) is 5.26 Å². The van der Waals surface area contributed by atoms with E-state index in [0.29, 0.717) is 5.92 Å². The highest BCUT2D eigenvalue weighted by atomic mass is 16.2. The number of hydrogen-bond donors (Lipinski definition) is 0. The smallest absolute Gasteiger partial charge is 0.225 e. The lowest BCUT2D eigenvalue weighted by Crippen LogP contribution is -2.39. The Morgan fingerprint density at radius 3 is 2.14 bits per heavy atom. The normalized spacial score (nSPS) is 12.7. The van der Waals surface area contributed by atoms with Gasteiger partial charge in [-0.25, -0.2) is 0 Å². The zero-order chi connectivity index (χ0) is 11.3. The molecule has 0 spiro atoms. The Kier molecular flexibility index (Phi) is 5.22. The molecular weight excluding hydrogens is 176 g/mol. The minimum Gasteiger partial charge on any atom is -0.329 e. The van der Waals surface area contributed by atoms with Crippen molar-refractivity contribution < 1.29 is 4.79 Å². The third-order valence-electron chi connectivity index (χ3n) is 2.15. The van der Waals surface area contributed by atoms with Gasteiger partial charge in [0.15, 0.2) is 0 Å². The molecule has 0 bridgehead atoms. The number of carbonyl (C=O) groups excluding carboxylic acids is 1. The van der Waals surface area contributed by atoms with Crippen LogP contribution in [0, 0.1) is 23.2 Å². The summed E-state index contributed by atoms with van der Waals surface area (Å²) in [7, 11) is 1.71. The fraction of sp³-hybridized carbons (Fsp3) is 0.818. The van der Waals surface area contributed by atoms with Crippen LogP contribution < -0.4 is 0 Å². The van der Waals surface area contributed by atoms with Crippen molar-refractivity contribution >= 4 is 5.91 Å². The standard InChI is InChI=1S/C11H20N2O/c1-8(2)6-10(7-12)13(5)11(14)9(3)4/h8-10H,6H2,1-5H3. The fourth-order valence-corrected chi connectivity index (χ4v) is 1.30. The molecule has 3 heteroatoms. The third kappa shape index (κ3) is 3.78. The van der Waals surface area contributed by atoms with Crippen molar-refractivity contribution in [3.05, 3.63) is 0 Å². The molecule has 1 unspecified atom stereocenters. The molecule has 0 heterocycles. The summed E-state index contributed by atoms with van der Waals surface area (Å²) in [5.74, 6) is 0.433. The molecule has 0 saturated carbocycles. The summed E-state index contributed by atoms with van der Waals surface area (Å²) in [4.78, 5) is 13.2. The van der Waals surface area contributed by atoms with Gasteiger partial charge in [0, 0.05) is 13.0 Å². The van der Waals surface area contributed by atoms with Gasteiger partial charge in [0.2, 0.25) is 5.91 Å². The number of hydrogen-bond acceptors (Lipinski definition) is 2. The number of nitrogens with zero attached hydrogens (tertiary/aromatic N) is 2. The van der Waals surface area contributed by atoms with Crippen molar-refractivity contribution in [2.24, 2.45) is 11.8 Å². The van der Waals surface area contributed by atoms with Gasteiger partial charge < -0.3 is 4.90 Å². The van der Waals surface area contributed by atoms with Gasteiger partial charge in [-0.1, -0.05) is 27.7 Å². The Hall–Kier alpha value is -1.04. The van der Waals surface area contributed by atoms with Crippen LogP contribution in [0.1, 0.15) is 34.1 Å². The maximum absolute atomic E-state index is 11.6. The topological polar surface area (TPSA) is 44.1 Å². The zero-order valence-electron chi connectivity index (χ0n) is 9.74. The van der Waals surface area contributed by atoms with Crippen molar-refractivity contribution in [2.45, 2.75) is 40.2 Å². The first kappa shape index (κ1) is 13.0. The van der Waals surface area contributed by atoms with E-state index in [2.05, 4.69) is 19.9 Å². The molecule has 0 fully saturated rings. The lowest BCUT2D eigenvalue weighted by Gasteiger charge is -2.25. The van der Waals surface area contributed by atoms with Gasteiger partial charge in [-0.15, -0.1) is 0 Å². The molecule has 80 valence electrons. The number of nitriles is 1. The van der Waals surface area contributed by atoms with Crippen molar-refractivity contribution in [3.63, 3.8) is 0 Å². The van der Waals surface area contributed by atoms with Crippen molar-refractivity contribution in [3.8, 4) is 6.07 Å². The minimum absolute atomic E-state index is 0.0389. The molecule has 1 amide bonds. The minimum atomic E-state index is -0.287. The fourth-order valence-electron chi connectivity index (χ4n) is 1.30. The second-order valence-corrected chi connectivity index (χ2v) is 4.38. The summed E-state index contributed by atoms with van der Waals surface area (Å²) in [6.07, 6.45) is 0.742. The van der Waals surface area contributed by atoms with Gasteiger partial charge >= 0.3 is 0 Å². The number of carbonyl (C=O) groups is 1. The average molecular weight is 196 g/mol. The van der Waals surface area contributed by atoms with E-state index in [9.17, 15) is 4.79 Å². The van der Waals surface area contributed by atoms with Crippen LogP contribution in [0.4, 0.5) is 0 Å². The number of amides is 1. The summed E-state index contributed by atoms with van der Waals surface area (Å²) in [6, 6.07) is 1.89. The summed E-state index contributed by atoms with van der Waals surface area (Å²) >= 11 is 0. The molecular formula is C11H20N2O. The number of rotatable bonds is 4.